The summed E-state index contributed by atoms with van der Waals surface area (Å²) in [6.07, 6.45) is 6.52. The van der Waals surface area contributed by atoms with E-state index in [-0.39, 0.29) is 5.41 Å². The number of nitrogens with zero attached hydrogens (tertiary/aromatic N) is 2. The van der Waals surface area contributed by atoms with Gasteiger partial charge in [0.2, 0.25) is 0 Å². The van der Waals surface area contributed by atoms with Crippen molar-refractivity contribution in [1.82, 2.24) is 13.9 Å². The molecule has 1 spiro atoms. The molecule has 0 aliphatic carbocycles. The third-order valence-corrected chi connectivity index (χ3v) is 7.56. The van der Waals surface area contributed by atoms with Crippen molar-refractivity contribution in [1.29, 1.82) is 0 Å². The van der Waals surface area contributed by atoms with Crippen LogP contribution < -0.4 is 5.32 Å². The summed E-state index contributed by atoms with van der Waals surface area (Å²) < 4.78 is 29.3. The summed E-state index contributed by atoms with van der Waals surface area (Å²) in [6.45, 7) is 7.10. The van der Waals surface area contributed by atoms with Crippen molar-refractivity contribution >= 4 is 10.2 Å². The summed E-state index contributed by atoms with van der Waals surface area (Å²) in [4.78, 5) is 0. The Hall–Kier alpha value is -0.170. The standard InChI is InChI=1S/C15H29N3O2S/c1-14-4-10-17(11-5-14)21(19,20)18-9-3-7-15(13-18)6-2-8-16-12-15/h14,16H,2-13H2,1H3. The molecule has 1 N–H and O–H groups in total. The molecular formula is C15H29N3O2S. The first-order valence-corrected chi connectivity index (χ1v) is 9.88. The van der Waals surface area contributed by atoms with Crippen LogP contribution in [0.25, 0.3) is 0 Å². The average molecular weight is 315 g/mol. The van der Waals surface area contributed by atoms with Crippen LogP contribution in [0.3, 0.4) is 0 Å². The first kappa shape index (κ1) is 15.7. The van der Waals surface area contributed by atoms with Crippen molar-refractivity contribution < 1.29 is 8.42 Å². The fourth-order valence-corrected chi connectivity index (χ4v) is 5.91. The molecule has 3 aliphatic rings. The first-order chi connectivity index (χ1) is 10.0. The fraction of sp³-hybridized carbons (Fsp3) is 1.00. The molecule has 0 amide bonds. The van der Waals surface area contributed by atoms with Gasteiger partial charge in [-0.25, -0.2) is 0 Å². The van der Waals surface area contributed by atoms with E-state index in [4.69, 9.17) is 0 Å². The second kappa shape index (κ2) is 6.14. The Kier molecular flexibility index (Phi) is 4.60. The smallest absolute Gasteiger partial charge is 0.281 e. The molecule has 1 atom stereocenters. The van der Waals surface area contributed by atoms with Crippen LogP contribution >= 0.6 is 0 Å². The summed E-state index contributed by atoms with van der Waals surface area (Å²) in [5.41, 5.74) is 0.187. The Morgan fingerprint density at radius 1 is 1.05 bits per heavy atom. The zero-order chi connectivity index (χ0) is 14.9. The van der Waals surface area contributed by atoms with Crippen LogP contribution in [-0.4, -0.2) is 56.3 Å². The second-order valence-electron chi connectivity index (χ2n) is 7.31. The molecule has 0 aromatic carbocycles. The van der Waals surface area contributed by atoms with Crippen LogP contribution in [0.5, 0.6) is 0 Å². The predicted octanol–water partition coefficient (Wildman–Crippen LogP) is 1.43. The van der Waals surface area contributed by atoms with Gasteiger partial charge >= 0.3 is 0 Å². The molecule has 21 heavy (non-hydrogen) atoms. The first-order valence-electron chi connectivity index (χ1n) is 8.48. The largest absolute Gasteiger partial charge is 0.316 e. The maximum atomic E-state index is 12.9. The van der Waals surface area contributed by atoms with Gasteiger partial charge in [-0.3, -0.25) is 0 Å². The minimum absolute atomic E-state index is 0.187. The Morgan fingerprint density at radius 3 is 2.43 bits per heavy atom. The molecule has 122 valence electrons. The van der Waals surface area contributed by atoms with Crippen molar-refractivity contribution in [2.24, 2.45) is 11.3 Å². The maximum Gasteiger partial charge on any atom is 0.281 e. The number of piperidine rings is 3. The van der Waals surface area contributed by atoms with Gasteiger partial charge in [0.15, 0.2) is 0 Å². The molecule has 0 bridgehead atoms. The van der Waals surface area contributed by atoms with E-state index in [0.29, 0.717) is 32.1 Å². The van der Waals surface area contributed by atoms with Gasteiger partial charge in [-0.05, 0) is 56.4 Å². The molecule has 0 saturated carbocycles. The van der Waals surface area contributed by atoms with Gasteiger partial charge in [-0.2, -0.15) is 17.0 Å². The zero-order valence-corrected chi connectivity index (χ0v) is 14.0. The van der Waals surface area contributed by atoms with Gasteiger partial charge < -0.3 is 5.32 Å². The lowest BCUT2D eigenvalue weighted by Gasteiger charge is -2.46. The molecule has 3 aliphatic heterocycles. The summed E-state index contributed by atoms with van der Waals surface area (Å²) >= 11 is 0. The maximum absolute atomic E-state index is 12.9. The van der Waals surface area contributed by atoms with Crippen LogP contribution in [-0.2, 0) is 10.2 Å². The van der Waals surface area contributed by atoms with E-state index >= 15 is 0 Å². The molecule has 0 radical (unpaired) electrons. The Labute approximate surface area is 129 Å². The molecule has 3 rings (SSSR count). The van der Waals surface area contributed by atoms with Gasteiger partial charge in [-0.15, -0.1) is 0 Å². The molecule has 0 aromatic rings. The molecular weight excluding hydrogens is 286 g/mol. The molecule has 0 aromatic heterocycles. The third-order valence-electron chi connectivity index (χ3n) is 5.58. The molecule has 3 saturated heterocycles. The van der Waals surface area contributed by atoms with Gasteiger partial charge in [0.05, 0.1) is 0 Å². The third kappa shape index (κ3) is 3.28. The SMILES string of the molecule is CC1CCN(S(=O)(=O)N2CCCC3(CCCNC3)C2)CC1. The average Bonchev–Trinajstić information content (AvgIpc) is 2.48. The van der Waals surface area contributed by atoms with Crippen molar-refractivity contribution in [2.75, 3.05) is 39.3 Å². The van der Waals surface area contributed by atoms with Crippen molar-refractivity contribution in [3.63, 3.8) is 0 Å². The number of hydrogen-bond donors (Lipinski definition) is 1. The van der Waals surface area contributed by atoms with Crippen LogP contribution in [0.1, 0.15) is 45.4 Å². The number of rotatable bonds is 2. The van der Waals surface area contributed by atoms with Crippen LogP contribution in [0.15, 0.2) is 0 Å². The van der Waals surface area contributed by atoms with Gasteiger partial charge in [0.25, 0.3) is 10.2 Å². The second-order valence-corrected chi connectivity index (χ2v) is 9.24. The fourth-order valence-electron chi connectivity index (χ4n) is 4.12. The number of hydrogen-bond acceptors (Lipinski definition) is 3. The van der Waals surface area contributed by atoms with E-state index in [9.17, 15) is 8.42 Å². The van der Waals surface area contributed by atoms with Crippen LogP contribution in [0.4, 0.5) is 0 Å². The highest BCUT2D eigenvalue weighted by Crippen LogP contribution is 2.37. The molecule has 5 nitrogen and oxygen atoms in total. The highest BCUT2D eigenvalue weighted by Gasteiger charge is 2.42. The van der Waals surface area contributed by atoms with E-state index in [1.807, 2.05) is 0 Å². The molecule has 3 heterocycles. The minimum Gasteiger partial charge on any atom is -0.316 e. The number of nitrogens with one attached hydrogen (secondary N) is 1. The van der Waals surface area contributed by atoms with Gasteiger partial charge in [-0.1, -0.05) is 6.92 Å². The molecule has 1 unspecified atom stereocenters. The lowest BCUT2D eigenvalue weighted by Crippen LogP contribution is -2.56. The Morgan fingerprint density at radius 2 is 1.76 bits per heavy atom. The van der Waals surface area contributed by atoms with E-state index in [2.05, 4.69) is 12.2 Å². The summed E-state index contributed by atoms with van der Waals surface area (Å²) in [5.74, 6) is 0.659. The van der Waals surface area contributed by atoms with E-state index in [1.165, 1.54) is 19.3 Å². The minimum atomic E-state index is -3.24. The highest BCUT2D eigenvalue weighted by atomic mass is 32.2. The normalized spacial score (nSPS) is 34.3. The summed E-state index contributed by atoms with van der Waals surface area (Å²) in [5, 5.41) is 3.47. The van der Waals surface area contributed by atoms with Crippen molar-refractivity contribution in [2.45, 2.75) is 45.4 Å². The lowest BCUT2D eigenvalue weighted by atomic mass is 9.75. The summed E-state index contributed by atoms with van der Waals surface area (Å²) in [7, 11) is -3.24. The quantitative estimate of drug-likeness (QED) is 0.839. The van der Waals surface area contributed by atoms with Crippen LogP contribution in [0.2, 0.25) is 0 Å². The van der Waals surface area contributed by atoms with Crippen LogP contribution in [0, 0.1) is 11.3 Å². The Bertz CT molecular complexity index is 446. The van der Waals surface area contributed by atoms with Crippen molar-refractivity contribution in [3.8, 4) is 0 Å². The highest BCUT2D eigenvalue weighted by molar-refractivity contribution is 7.86. The van der Waals surface area contributed by atoms with E-state index in [1.54, 1.807) is 8.61 Å². The topological polar surface area (TPSA) is 52.7 Å². The predicted molar refractivity (Wildman–Crippen MR) is 84.2 cm³/mol. The zero-order valence-electron chi connectivity index (χ0n) is 13.2. The molecule has 3 fully saturated rings. The lowest BCUT2D eigenvalue weighted by molar-refractivity contribution is 0.104. The van der Waals surface area contributed by atoms with Gasteiger partial charge in [0.1, 0.15) is 0 Å². The molecule has 6 heteroatoms. The van der Waals surface area contributed by atoms with E-state index in [0.717, 1.165) is 32.4 Å². The van der Waals surface area contributed by atoms with Gasteiger partial charge in [0, 0.05) is 32.7 Å². The Balaban J connectivity index is 1.70. The van der Waals surface area contributed by atoms with Crippen molar-refractivity contribution in [3.05, 3.63) is 0 Å². The van der Waals surface area contributed by atoms with E-state index < -0.39 is 10.2 Å². The monoisotopic (exact) mass is 315 g/mol. The summed E-state index contributed by atoms with van der Waals surface area (Å²) in [6, 6.07) is 0.